The Morgan fingerprint density at radius 2 is 2.00 bits per heavy atom. The number of nitrogens with one attached hydrogen (secondary N) is 1. The van der Waals surface area contributed by atoms with Crippen LogP contribution in [0.1, 0.15) is 12.0 Å². The Labute approximate surface area is 89.9 Å². The van der Waals surface area contributed by atoms with Gasteiger partial charge in [0, 0.05) is 0 Å². The quantitative estimate of drug-likeness (QED) is 0.775. The van der Waals surface area contributed by atoms with Crippen molar-refractivity contribution in [1.82, 2.24) is 0 Å². The van der Waals surface area contributed by atoms with Gasteiger partial charge in [-0.1, -0.05) is 6.07 Å². The number of hydrogen-bond donors (Lipinski definition) is 2. The molecule has 1 amide bonds. The number of amides is 1. The number of anilines is 1. The fraction of sp³-hybridized carbons (Fsp3) is 0.200. The molecule has 0 aliphatic rings. The van der Waals surface area contributed by atoms with E-state index in [2.05, 4.69) is 0 Å². The fourth-order valence-corrected chi connectivity index (χ4v) is 1.09. The van der Waals surface area contributed by atoms with Crippen LogP contribution in [0.4, 0.5) is 14.5 Å². The summed E-state index contributed by atoms with van der Waals surface area (Å²) in [6, 6.07) is 2.21. The van der Waals surface area contributed by atoms with Crippen LogP contribution in [-0.4, -0.2) is 17.0 Å². The first kappa shape index (κ1) is 12.1. The van der Waals surface area contributed by atoms with Gasteiger partial charge in [-0.3, -0.25) is 9.59 Å². The number of hydrogen-bond acceptors (Lipinski definition) is 2. The van der Waals surface area contributed by atoms with Crippen LogP contribution in [0.25, 0.3) is 0 Å². The summed E-state index contributed by atoms with van der Waals surface area (Å²) < 4.78 is 26.5. The molecular formula is C10H9F2NO3. The second-order valence-corrected chi connectivity index (χ2v) is 3.17. The largest absolute Gasteiger partial charge is 0.481 e. The molecule has 0 saturated carbocycles. The molecule has 0 aromatic heterocycles. The summed E-state index contributed by atoms with van der Waals surface area (Å²) in [6.07, 6.45) is -0.840. The van der Waals surface area contributed by atoms with Gasteiger partial charge < -0.3 is 10.4 Å². The van der Waals surface area contributed by atoms with Crippen LogP contribution in [0, 0.1) is 18.6 Å². The van der Waals surface area contributed by atoms with Crippen molar-refractivity contribution in [2.75, 3.05) is 5.32 Å². The summed E-state index contributed by atoms with van der Waals surface area (Å²) in [5.74, 6) is -4.19. The second-order valence-electron chi connectivity index (χ2n) is 3.17. The molecule has 86 valence electrons. The standard InChI is InChI=1S/C10H9F2NO3/c1-5-2-3-6(11)10(9(5)12)13-7(14)4-8(15)16/h2-3H,4H2,1H3,(H,13,14)(H,15,16). The Morgan fingerprint density at radius 3 is 2.56 bits per heavy atom. The zero-order valence-electron chi connectivity index (χ0n) is 8.38. The van der Waals surface area contributed by atoms with Crippen molar-refractivity contribution in [2.45, 2.75) is 13.3 Å². The molecule has 1 aromatic carbocycles. The van der Waals surface area contributed by atoms with Crippen LogP contribution in [0.2, 0.25) is 0 Å². The van der Waals surface area contributed by atoms with Crippen molar-refractivity contribution in [1.29, 1.82) is 0 Å². The predicted octanol–water partition coefficient (Wildman–Crippen LogP) is 1.69. The van der Waals surface area contributed by atoms with Crippen molar-refractivity contribution < 1.29 is 23.5 Å². The van der Waals surface area contributed by atoms with Gasteiger partial charge in [0.25, 0.3) is 0 Å². The molecule has 4 nitrogen and oxygen atoms in total. The SMILES string of the molecule is Cc1ccc(F)c(NC(=O)CC(=O)O)c1F. The number of halogens is 2. The lowest BCUT2D eigenvalue weighted by Crippen LogP contribution is -2.18. The smallest absolute Gasteiger partial charge is 0.312 e. The average Bonchev–Trinajstić information content (AvgIpc) is 2.17. The molecular weight excluding hydrogens is 220 g/mol. The topological polar surface area (TPSA) is 66.4 Å². The molecule has 16 heavy (non-hydrogen) atoms. The van der Waals surface area contributed by atoms with E-state index < -0.39 is 35.6 Å². The van der Waals surface area contributed by atoms with Crippen molar-refractivity contribution in [3.63, 3.8) is 0 Å². The highest BCUT2D eigenvalue weighted by Crippen LogP contribution is 2.21. The van der Waals surface area contributed by atoms with Gasteiger partial charge in [0.2, 0.25) is 5.91 Å². The number of aliphatic carboxylic acids is 1. The first-order valence-corrected chi connectivity index (χ1v) is 4.38. The van der Waals surface area contributed by atoms with E-state index in [0.717, 1.165) is 6.07 Å². The Morgan fingerprint density at radius 1 is 1.38 bits per heavy atom. The molecule has 0 atom stereocenters. The second kappa shape index (κ2) is 4.69. The van der Waals surface area contributed by atoms with E-state index in [4.69, 9.17) is 5.11 Å². The van der Waals surface area contributed by atoms with Crippen molar-refractivity contribution in [3.05, 3.63) is 29.3 Å². The minimum atomic E-state index is -1.37. The third-order valence-corrected chi connectivity index (χ3v) is 1.86. The minimum absolute atomic E-state index is 0.159. The molecule has 1 rings (SSSR count). The van der Waals surface area contributed by atoms with Crippen molar-refractivity contribution >= 4 is 17.6 Å². The molecule has 0 heterocycles. The first-order chi connectivity index (χ1) is 7.41. The highest BCUT2D eigenvalue weighted by molar-refractivity contribution is 6.01. The highest BCUT2D eigenvalue weighted by atomic mass is 19.1. The Hall–Kier alpha value is -1.98. The Kier molecular flexibility index (Phi) is 3.55. The number of rotatable bonds is 3. The zero-order valence-corrected chi connectivity index (χ0v) is 8.38. The third-order valence-electron chi connectivity index (χ3n) is 1.86. The van der Waals surface area contributed by atoms with Gasteiger partial charge in [0.05, 0.1) is 0 Å². The van der Waals surface area contributed by atoms with Crippen molar-refractivity contribution in [2.24, 2.45) is 0 Å². The van der Waals surface area contributed by atoms with Crippen molar-refractivity contribution in [3.8, 4) is 0 Å². The molecule has 0 spiro atoms. The lowest BCUT2D eigenvalue weighted by Gasteiger charge is -2.07. The van der Waals surface area contributed by atoms with E-state index in [1.54, 1.807) is 0 Å². The predicted molar refractivity (Wildman–Crippen MR) is 52.0 cm³/mol. The number of carboxylic acid groups (broad SMARTS) is 1. The molecule has 0 unspecified atom stereocenters. The third kappa shape index (κ3) is 2.75. The molecule has 0 radical (unpaired) electrons. The summed E-state index contributed by atoms with van der Waals surface area (Å²) in [6.45, 7) is 1.40. The van der Waals surface area contributed by atoms with Gasteiger partial charge >= 0.3 is 5.97 Å². The normalized spacial score (nSPS) is 9.94. The van der Waals surface area contributed by atoms with Crippen LogP contribution < -0.4 is 5.32 Å². The maximum atomic E-state index is 13.4. The molecule has 0 bridgehead atoms. The Bertz CT molecular complexity index is 446. The van der Waals surface area contributed by atoms with Gasteiger partial charge in [-0.2, -0.15) is 0 Å². The van der Waals surface area contributed by atoms with E-state index in [1.165, 1.54) is 13.0 Å². The summed E-state index contributed by atoms with van der Waals surface area (Å²) in [4.78, 5) is 21.2. The van der Waals surface area contributed by atoms with Gasteiger partial charge in [0.1, 0.15) is 17.9 Å². The summed E-state index contributed by atoms with van der Waals surface area (Å²) in [7, 11) is 0. The maximum absolute atomic E-state index is 13.4. The number of carbonyl (C=O) groups excluding carboxylic acids is 1. The van der Waals surface area contributed by atoms with E-state index in [-0.39, 0.29) is 5.56 Å². The number of benzene rings is 1. The molecule has 0 saturated heterocycles. The van der Waals surface area contributed by atoms with Crippen LogP contribution in [0.5, 0.6) is 0 Å². The molecule has 0 aliphatic heterocycles. The lowest BCUT2D eigenvalue weighted by atomic mass is 10.2. The maximum Gasteiger partial charge on any atom is 0.312 e. The number of carbonyl (C=O) groups is 2. The van der Waals surface area contributed by atoms with E-state index in [1.807, 2.05) is 5.32 Å². The van der Waals surface area contributed by atoms with Crippen LogP contribution in [0.3, 0.4) is 0 Å². The Balaban J connectivity index is 2.93. The minimum Gasteiger partial charge on any atom is -0.481 e. The fourth-order valence-electron chi connectivity index (χ4n) is 1.09. The van der Waals surface area contributed by atoms with E-state index in [9.17, 15) is 18.4 Å². The van der Waals surface area contributed by atoms with Gasteiger partial charge in [0.15, 0.2) is 5.82 Å². The van der Waals surface area contributed by atoms with Crippen LogP contribution >= 0.6 is 0 Å². The zero-order chi connectivity index (χ0) is 12.3. The van der Waals surface area contributed by atoms with Crippen LogP contribution in [0.15, 0.2) is 12.1 Å². The van der Waals surface area contributed by atoms with Crippen LogP contribution in [-0.2, 0) is 9.59 Å². The summed E-state index contributed by atoms with van der Waals surface area (Å²) in [5, 5.41) is 10.2. The molecule has 0 aliphatic carbocycles. The summed E-state index contributed by atoms with van der Waals surface area (Å²) >= 11 is 0. The molecule has 0 fully saturated rings. The molecule has 2 N–H and O–H groups in total. The van der Waals surface area contributed by atoms with Gasteiger partial charge in [-0.15, -0.1) is 0 Å². The highest BCUT2D eigenvalue weighted by Gasteiger charge is 2.15. The first-order valence-electron chi connectivity index (χ1n) is 4.38. The monoisotopic (exact) mass is 229 g/mol. The van der Waals surface area contributed by atoms with Gasteiger partial charge in [-0.05, 0) is 18.6 Å². The number of aryl methyl sites for hydroxylation is 1. The molecule has 6 heteroatoms. The van der Waals surface area contributed by atoms with E-state index in [0.29, 0.717) is 0 Å². The molecule has 1 aromatic rings. The van der Waals surface area contributed by atoms with Gasteiger partial charge in [-0.25, -0.2) is 8.78 Å². The average molecular weight is 229 g/mol. The lowest BCUT2D eigenvalue weighted by molar-refractivity contribution is -0.139. The summed E-state index contributed by atoms with van der Waals surface area (Å²) in [5.41, 5.74) is -0.460. The van der Waals surface area contributed by atoms with E-state index >= 15 is 0 Å². The number of carboxylic acids is 1.